The molecule has 1 aromatic heterocycles. The topological polar surface area (TPSA) is 90.4 Å². The monoisotopic (exact) mass is 465 g/mol. The first-order valence-corrected chi connectivity index (χ1v) is 11.3. The van der Waals surface area contributed by atoms with Gasteiger partial charge < -0.3 is 20.6 Å². The van der Waals surface area contributed by atoms with Gasteiger partial charge in [0.15, 0.2) is 5.82 Å². The molecule has 7 nitrogen and oxygen atoms in total. The van der Waals surface area contributed by atoms with Gasteiger partial charge in [0, 0.05) is 30.9 Å². The molecule has 0 saturated carbocycles. The van der Waals surface area contributed by atoms with Gasteiger partial charge in [0.05, 0.1) is 30.3 Å². The van der Waals surface area contributed by atoms with Crippen molar-refractivity contribution in [3.8, 4) is 11.4 Å². The second-order valence-corrected chi connectivity index (χ2v) is 8.59. The summed E-state index contributed by atoms with van der Waals surface area (Å²) in [6, 6.07) is 11.0. The van der Waals surface area contributed by atoms with E-state index in [1.807, 2.05) is 24.3 Å². The summed E-state index contributed by atoms with van der Waals surface area (Å²) in [5.74, 6) is -0.945. The number of aliphatic hydroxyl groups excluding tert-OH is 1. The number of benzene rings is 2. The molecule has 5 rings (SSSR count). The summed E-state index contributed by atoms with van der Waals surface area (Å²) in [4.78, 5) is 23.2. The van der Waals surface area contributed by atoms with Crippen LogP contribution in [0.4, 0.5) is 20.3 Å². The minimum absolute atomic E-state index is 0.00758. The fraction of sp³-hybridized carbons (Fsp3) is 0.320. The Labute approximate surface area is 195 Å². The van der Waals surface area contributed by atoms with Gasteiger partial charge in [-0.1, -0.05) is 18.2 Å². The highest BCUT2D eigenvalue weighted by Gasteiger charge is 2.28. The number of rotatable bonds is 6. The van der Waals surface area contributed by atoms with Crippen molar-refractivity contribution in [3.63, 3.8) is 0 Å². The first-order chi connectivity index (χ1) is 16.5. The van der Waals surface area contributed by atoms with Crippen LogP contribution >= 0.6 is 0 Å². The van der Waals surface area contributed by atoms with E-state index in [2.05, 4.69) is 20.6 Å². The van der Waals surface area contributed by atoms with Crippen LogP contribution in [-0.4, -0.2) is 45.1 Å². The first kappa shape index (κ1) is 22.4. The smallest absolute Gasteiger partial charge is 0.227 e. The average Bonchev–Trinajstić information content (AvgIpc) is 3.50. The first-order valence-electron chi connectivity index (χ1n) is 11.3. The van der Waals surface area contributed by atoms with E-state index in [0.29, 0.717) is 31.1 Å². The predicted molar refractivity (Wildman–Crippen MR) is 123 cm³/mol. The molecule has 0 aliphatic carbocycles. The van der Waals surface area contributed by atoms with Crippen molar-refractivity contribution in [1.29, 1.82) is 0 Å². The van der Waals surface area contributed by atoms with Gasteiger partial charge in [-0.15, -0.1) is 0 Å². The third-order valence-corrected chi connectivity index (χ3v) is 6.35. The highest BCUT2D eigenvalue weighted by molar-refractivity contribution is 5.79. The largest absolute Gasteiger partial charge is 0.394 e. The number of fused-ring (bicyclic) bond motifs is 1. The van der Waals surface area contributed by atoms with Crippen LogP contribution in [0, 0.1) is 11.6 Å². The summed E-state index contributed by atoms with van der Waals surface area (Å²) in [5, 5.41) is 15.9. The standard InChI is InChI=1S/C25H25F2N5O2/c26-19-4-1-5-20(27)23(19)25-30-21-13-28-12-18(21)24(31-25)29-16-8-6-15(7-9-16)11-22(34)32-10-2-3-17(32)14-33/h1,4-9,17,28,33H,2-3,10-14H2,(H,29,30,31)/t17-/m0/s1. The molecule has 2 aliphatic heterocycles. The van der Waals surface area contributed by atoms with Crippen molar-refractivity contribution in [3.05, 3.63) is 70.9 Å². The molecule has 0 radical (unpaired) electrons. The third kappa shape index (κ3) is 4.36. The molecule has 1 amide bonds. The van der Waals surface area contributed by atoms with Crippen LogP contribution in [0.5, 0.6) is 0 Å². The van der Waals surface area contributed by atoms with E-state index in [4.69, 9.17) is 0 Å². The number of nitrogens with one attached hydrogen (secondary N) is 2. The molecular formula is C25H25F2N5O2. The number of hydrogen-bond acceptors (Lipinski definition) is 6. The van der Waals surface area contributed by atoms with E-state index in [9.17, 15) is 18.7 Å². The fourth-order valence-electron chi connectivity index (χ4n) is 4.57. The third-order valence-electron chi connectivity index (χ3n) is 6.35. The SMILES string of the molecule is O=C(Cc1ccc(Nc2nc(-c3c(F)cccc3F)nc3c2CNC3)cc1)N1CCC[C@H]1CO. The Hall–Kier alpha value is -3.43. The van der Waals surface area contributed by atoms with Crippen molar-refractivity contribution < 1.29 is 18.7 Å². The molecule has 0 unspecified atom stereocenters. The van der Waals surface area contributed by atoms with E-state index < -0.39 is 11.6 Å². The minimum Gasteiger partial charge on any atom is -0.394 e. The van der Waals surface area contributed by atoms with Crippen LogP contribution in [0.3, 0.4) is 0 Å². The predicted octanol–water partition coefficient (Wildman–Crippen LogP) is 3.29. The van der Waals surface area contributed by atoms with Crippen molar-refractivity contribution in [2.75, 3.05) is 18.5 Å². The van der Waals surface area contributed by atoms with Gasteiger partial charge >= 0.3 is 0 Å². The number of likely N-dealkylation sites (tertiary alicyclic amines) is 1. The van der Waals surface area contributed by atoms with Gasteiger partial charge in [0.2, 0.25) is 5.91 Å². The van der Waals surface area contributed by atoms with Gasteiger partial charge in [-0.25, -0.2) is 18.7 Å². The Morgan fingerprint density at radius 2 is 1.88 bits per heavy atom. The average molecular weight is 466 g/mol. The molecule has 34 heavy (non-hydrogen) atoms. The van der Waals surface area contributed by atoms with Crippen molar-refractivity contribution in [2.24, 2.45) is 0 Å². The lowest BCUT2D eigenvalue weighted by Crippen LogP contribution is -2.38. The normalized spacial score (nSPS) is 17.1. The molecule has 3 heterocycles. The molecule has 1 saturated heterocycles. The number of amides is 1. The zero-order chi connectivity index (χ0) is 23.7. The molecule has 9 heteroatoms. The minimum atomic E-state index is -0.715. The van der Waals surface area contributed by atoms with Crippen molar-refractivity contribution in [2.45, 2.75) is 38.4 Å². The van der Waals surface area contributed by atoms with Gasteiger partial charge in [-0.2, -0.15) is 0 Å². The second-order valence-electron chi connectivity index (χ2n) is 8.59. The van der Waals surface area contributed by atoms with E-state index in [1.54, 1.807) is 4.90 Å². The molecule has 2 aliphatic rings. The van der Waals surface area contributed by atoms with E-state index in [-0.39, 0.29) is 36.4 Å². The van der Waals surface area contributed by atoms with E-state index >= 15 is 0 Å². The van der Waals surface area contributed by atoms with Gasteiger partial charge in [-0.05, 0) is 42.7 Å². The van der Waals surface area contributed by atoms with E-state index in [0.717, 1.165) is 29.7 Å². The zero-order valence-corrected chi connectivity index (χ0v) is 18.5. The van der Waals surface area contributed by atoms with Crippen LogP contribution in [0.2, 0.25) is 0 Å². The highest BCUT2D eigenvalue weighted by atomic mass is 19.1. The summed E-state index contributed by atoms with van der Waals surface area (Å²) in [5.41, 5.74) is 2.89. The van der Waals surface area contributed by atoms with Gasteiger partial charge in [-0.3, -0.25) is 4.79 Å². The van der Waals surface area contributed by atoms with Crippen LogP contribution < -0.4 is 10.6 Å². The molecule has 2 aromatic carbocycles. The number of halogens is 2. The number of nitrogens with zero attached hydrogens (tertiary/aromatic N) is 3. The lowest BCUT2D eigenvalue weighted by Gasteiger charge is -2.23. The summed E-state index contributed by atoms with van der Waals surface area (Å²) in [7, 11) is 0. The molecule has 0 bridgehead atoms. The van der Waals surface area contributed by atoms with Crippen LogP contribution in [0.25, 0.3) is 11.4 Å². The summed E-state index contributed by atoms with van der Waals surface area (Å²) in [6.45, 7) is 1.71. The van der Waals surface area contributed by atoms with Crippen LogP contribution in [0.1, 0.15) is 29.7 Å². The molecule has 0 spiro atoms. The Morgan fingerprint density at radius 1 is 1.12 bits per heavy atom. The Balaban J connectivity index is 1.36. The highest BCUT2D eigenvalue weighted by Crippen LogP contribution is 2.30. The molecule has 1 atom stereocenters. The lowest BCUT2D eigenvalue weighted by atomic mass is 10.1. The van der Waals surface area contributed by atoms with Crippen LogP contribution in [0.15, 0.2) is 42.5 Å². The lowest BCUT2D eigenvalue weighted by molar-refractivity contribution is -0.131. The Bertz CT molecular complexity index is 1200. The number of hydrogen-bond donors (Lipinski definition) is 3. The Morgan fingerprint density at radius 3 is 2.62 bits per heavy atom. The molecule has 3 aromatic rings. The van der Waals surface area contributed by atoms with Gasteiger partial charge in [0.25, 0.3) is 0 Å². The number of aliphatic hydroxyl groups is 1. The maximum absolute atomic E-state index is 14.4. The Kier molecular flexibility index (Phi) is 6.21. The maximum atomic E-state index is 14.4. The maximum Gasteiger partial charge on any atom is 0.227 e. The molecular weight excluding hydrogens is 440 g/mol. The number of anilines is 2. The summed E-state index contributed by atoms with van der Waals surface area (Å²) >= 11 is 0. The number of aromatic nitrogens is 2. The zero-order valence-electron chi connectivity index (χ0n) is 18.5. The van der Waals surface area contributed by atoms with Crippen molar-refractivity contribution in [1.82, 2.24) is 20.2 Å². The number of carbonyl (C=O) groups excluding carboxylic acids is 1. The fourth-order valence-corrected chi connectivity index (χ4v) is 4.57. The summed E-state index contributed by atoms with van der Waals surface area (Å²) < 4.78 is 28.7. The molecule has 1 fully saturated rings. The molecule has 3 N–H and O–H groups in total. The molecule has 176 valence electrons. The quantitative estimate of drug-likeness (QED) is 0.518. The number of carbonyl (C=O) groups is 1. The second kappa shape index (κ2) is 9.44. The summed E-state index contributed by atoms with van der Waals surface area (Å²) in [6.07, 6.45) is 2.01. The van der Waals surface area contributed by atoms with Crippen molar-refractivity contribution >= 4 is 17.4 Å². The van der Waals surface area contributed by atoms with E-state index in [1.165, 1.54) is 18.2 Å². The van der Waals surface area contributed by atoms with Gasteiger partial charge in [0.1, 0.15) is 17.5 Å². The van der Waals surface area contributed by atoms with Crippen LogP contribution in [-0.2, 0) is 24.3 Å².